The highest BCUT2D eigenvalue weighted by Gasteiger charge is 2.43. The van der Waals surface area contributed by atoms with Crippen LogP contribution >= 0.6 is 11.6 Å². The summed E-state index contributed by atoms with van der Waals surface area (Å²) < 4.78 is 49.7. The molecule has 1 heterocycles. The lowest BCUT2D eigenvalue weighted by atomic mass is 10.2. The first-order valence-electron chi connectivity index (χ1n) is 8.01. The highest BCUT2D eigenvalue weighted by molar-refractivity contribution is 6.32. The van der Waals surface area contributed by atoms with Gasteiger partial charge < -0.3 is 29.0 Å². The van der Waals surface area contributed by atoms with E-state index in [2.05, 4.69) is 14.8 Å². The van der Waals surface area contributed by atoms with E-state index in [1.54, 1.807) is 0 Å². The van der Waals surface area contributed by atoms with Crippen molar-refractivity contribution in [2.75, 3.05) is 26.1 Å². The van der Waals surface area contributed by atoms with Gasteiger partial charge in [-0.1, -0.05) is 11.6 Å². The maximum Gasteiger partial charge on any atom is 0.586 e. The van der Waals surface area contributed by atoms with Crippen LogP contribution in [0.1, 0.15) is 10.4 Å². The van der Waals surface area contributed by atoms with E-state index in [9.17, 15) is 18.4 Å². The van der Waals surface area contributed by atoms with Crippen molar-refractivity contribution in [3.05, 3.63) is 40.9 Å². The number of amides is 1. The van der Waals surface area contributed by atoms with Gasteiger partial charge in [0.15, 0.2) is 29.6 Å². The Labute approximate surface area is 168 Å². The number of methoxy groups -OCH3 is 2. The first-order valence-corrected chi connectivity index (χ1v) is 8.38. The van der Waals surface area contributed by atoms with Crippen LogP contribution in [0.5, 0.6) is 23.0 Å². The average molecular weight is 430 g/mol. The third-order valence-electron chi connectivity index (χ3n) is 3.69. The molecule has 11 heteroatoms. The first-order chi connectivity index (χ1) is 13.7. The number of benzene rings is 2. The molecule has 0 saturated heterocycles. The summed E-state index contributed by atoms with van der Waals surface area (Å²) >= 11 is 6.03. The molecule has 3 rings (SSSR count). The van der Waals surface area contributed by atoms with E-state index in [0.717, 1.165) is 6.07 Å². The van der Waals surface area contributed by atoms with Crippen molar-refractivity contribution in [1.82, 2.24) is 0 Å². The molecule has 0 radical (unpaired) electrons. The number of ether oxygens (including phenoxy) is 5. The van der Waals surface area contributed by atoms with Gasteiger partial charge in [0.2, 0.25) is 0 Å². The molecule has 2 aromatic rings. The second-order valence-electron chi connectivity index (χ2n) is 5.65. The molecule has 0 bridgehead atoms. The molecule has 29 heavy (non-hydrogen) atoms. The number of hydrogen-bond donors (Lipinski definition) is 1. The summed E-state index contributed by atoms with van der Waals surface area (Å²) in [6.07, 6.45) is -3.76. The summed E-state index contributed by atoms with van der Waals surface area (Å²) in [6, 6.07) is 6.36. The van der Waals surface area contributed by atoms with Crippen LogP contribution in [-0.4, -0.2) is 39.0 Å². The van der Waals surface area contributed by atoms with Crippen LogP contribution in [0.3, 0.4) is 0 Å². The summed E-state index contributed by atoms with van der Waals surface area (Å²) in [4.78, 5) is 24.2. The normalized spacial score (nSPS) is 13.6. The fraction of sp³-hybridized carbons (Fsp3) is 0.222. The van der Waals surface area contributed by atoms with Crippen molar-refractivity contribution in [3.63, 3.8) is 0 Å². The molecule has 0 aliphatic carbocycles. The Bertz CT molecular complexity index is 967. The zero-order chi connectivity index (χ0) is 21.2. The number of hydrogen-bond acceptors (Lipinski definition) is 7. The van der Waals surface area contributed by atoms with Gasteiger partial charge in [0, 0.05) is 11.8 Å². The molecule has 0 unspecified atom stereocenters. The number of halogens is 3. The van der Waals surface area contributed by atoms with E-state index in [1.807, 2.05) is 0 Å². The standard InChI is InChI=1S/C18H14ClF2NO7/c1-25-14-6-9(5-11(19)16(14)26-2)17(24)27-8-15(23)22-10-3-4-12-13(7-10)29-18(20,21)28-12/h3-7H,8H2,1-2H3,(H,22,23). The lowest BCUT2D eigenvalue weighted by Crippen LogP contribution is -2.25. The van der Waals surface area contributed by atoms with Gasteiger partial charge in [-0.2, -0.15) is 0 Å². The monoisotopic (exact) mass is 429 g/mol. The molecular weight excluding hydrogens is 416 g/mol. The topological polar surface area (TPSA) is 92.3 Å². The van der Waals surface area contributed by atoms with Crippen LogP contribution in [0, 0.1) is 0 Å². The summed E-state index contributed by atoms with van der Waals surface area (Å²) in [5, 5.41) is 2.52. The SMILES string of the molecule is COc1cc(C(=O)OCC(=O)Nc2ccc3c(c2)OC(F)(F)O3)cc(Cl)c1OC. The van der Waals surface area contributed by atoms with E-state index in [4.69, 9.17) is 25.8 Å². The largest absolute Gasteiger partial charge is 0.586 e. The molecule has 0 spiro atoms. The van der Waals surface area contributed by atoms with Gasteiger partial charge in [0.1, 0.15) is 0 Å². The van der Waals surface area contributed by atoms with Gasteiger partial charge in [0.05, 0.1) is 24.8 Å². The molecule has 154 valence electrons. The van der Waals surface area contributed by atoms with E-state index in [-0.39, 0.29) is 39.3 Å². The van der Waals surface area contributed by atoms with E-state index < -0.39 is 24.8 Å². The number of nitrogens with one attached hydrogen (secondary N) is 1. The van der Waals surface area contributed by atoms with Crippen molar-refractivity contribution < 1.29 is 42.1 Å². The second kappa shape index (κ2) is 8.00. The Morgan fingerprint density at radius 1 is 1.10 bits per heavy atom. The second-order valence-corrected chi connectivity index (χ2v) is 6.05. The molecule has 0 saturated carbocycles. The Morgan fingerprint density at radius 3 is 2.52 bits per heavy atom. The summed E-state index contributed by atoms with van der Waals surface area (Å²) in [6.45, 7) is -0.630. The molecule has 1 aliphatic rings. The van der Waals surface area contributed by atoms with Crippen molar-refractivity contribution in [2.24, 2.45) is 0 Å². The van der Waals surface area contributed by atoms with Gasteiger partial charge in [0.25, 0.3) is 5.91 Å². The molecule has 0 aromatic heterocycles. The molecule has 0 fully saturated rings. The Morgan fingerprint density at radius 2 is 1.83 bits per heavy atom. The molecule has 1 N–H and O–H groups in total. The highest BCUT2D eigenvalue weighted by Crippen LogP contribution is 2.42. The fourth-order valence-corrected chi connectivity index (χ4v) is 2.76. The molecule has 2 aromatic carbocycles. The molecule has 1 aliphatic heterocycles. The number of anilines is 1. The molecular formula is C18H14ClF2NO7. The van der Waals surface area contributed by atoms with Crippen molar-refractivity contribution in [2.45, 2.75) is 6.29 Å². The van der Waals surface area contributed by atoms with E-state index in [1.165, 1.54) is 38.5 Å². The predicted octanol–water partition coefficient (Wildman–Crippen LogP) is 3.47. The number of rotatable bonds is 6. The Hall–Kier alpha value is -3.27. The van der Waals surface area contributed by atoms with Crippen LogP contribution in [-0.2, 0) is 9.53 Å². The molecule has 1 amide bonds. The minimum Gasteiger partial charge on any atom is -0.493 e. The van der Waals surface area contributed by atoms with Gasteiger partial charge in [-0.3, -0.25) is 4.79 Å². The minimum absolute atomic E-state index is 0.0470. The third kappa shape index (κ3) is 4.60. The van der Waals surface area contributed by atoms with Crippen LogP contribution in [0.4, 0.5) is 14.5 Å². The highest BCUT2D eigenvalue weighted by atomic mass is 35.5. The predicted molar refractivity (Wildman–Crippen MR) is 96.1 cm³/mol. The van der Waals surface area contributed by atoms with Crippen LogP contribution in [0.15, 0.2) is 30.3 Å². The minimum atomic E-state index is -3.76. The van der Waals surface area contributed by atoms with Gasteiger partial charge in [-0.15, -0.1) is 8.78 Å². The lowest BCUT2D eigenvalue weighted by Gasteiger charge is -2.11. The smallest absolute Gasteiger partial charge is 0.493 e. The molecule has 8 nitrogen and oxygen atoms in total. The summed E-state index contributed by atoms with van der Waals surface area (Å²) in [5.74, 6) is -1.45. The fourth-order valence-electron chi connectivity index (χ4n) is 2.47. The first kappa shape index (κ1) is 20.5. The number of alkyl halides is 2. The van der Waals surface area contributed by atoms with Gasteiger partial charge in [-0.25, -0.2) is 4.79 Å². The van der Waals surface area contributed by atoms with E-state index in [0.29, 0.717) is 0 Å². The van der Waals surface area contributed by atoms with Crippen LogP contribution in [0.2, 0.25) is 5.02 Å². The number of esters is 1. The van der Waals surface area contributed by atoms with Crippen molar-refractivity contribution >= 4 is 29.2 Å². The van der Waals surface area contributed by atoms with Gasteiger partial charge in [-0.05, 0) is 24.3 Å². The van der Waals surface area contributed by atoms with Crippen molar-refractivity contribution in [1.29, 1.82) is 0 Å². The zero-order valence-electron chi connectivity index (χ0n) is 15.1. The Balaban J connectivity index is 1.60. The van der Waals surface area contributed by atoms with Crippen LogP contribution < -0.4 is 24.3 Å². The number of carbonyl (C=O) groups is 2. The zero-order valence-corrected chi connectivity index (χ0v) is 15.8. The Kier molecular flexibility index (Phi) is 5.64. The lowest BCUT2D eigenvalue weighted by molar-refractivity contribution is -0.286. The van der Waals surface area contributed by atoms with E-state index >= 15 is 0 Å². The third-order valence-corrected chi connectivity index (χ3v) is 3.97. The number of carbonyl (C=O) groups excluding carboxylic acids is 2. The average Bonchev–Trinajstić information content (AvgIpc) is 2.98. The summed E-state index contributed by atoms with van der Waals surface area (Å²) in [5.41, 5.74) is 0.200. The summed E-state index contributed by atoms with van der Waals surface area (Å²) in [7, 11) is 2.77. The van der Waals surface area contributed by atoms with Crippen molar-refractivity contribution in [3.8, 4) is 23.0 Å². The number of fused-ring (bicyclic) bond motifs is 1. The van der Waals surface area contributed by atoms with Crippen LogP contribution in [0.25, 0.3) is 0 Å². The maximum absolute atomic E-state index is 13.0. The maximum atomic E-state index is 13.0. The molecule has 0 atom stereocenters. The quantitative estimate of drug-likeness (QED) is 0.703. The van der Waals surface area contributed by atoms with Gasteiger partial charge >= 0.3 is 12.3 Å².